The number of nitrogens with one attached hydrogen (secondary N) is 3. The zero-order valence-electron chi connectivity index (χ0n) is 19.2. The molecule has 1 aliphatic carbocycles. The molecule has 2 aliphatic heterocycles. The molecule has 0 bridgehead atoms. The average molecular weight is 457 g/mol. The molecule has 9 heteroatoms. The van der Waals surface area contributed by atoms with Crippen LogP contribution in [0, 0.1) is 17.8 Å². The second-order valence-electron chi connectivity index (χ2n) is 9.51. The van der Waals surface area contributed by atoms with Gasteiger partial charge in [0, 0.05) is 37.2 Å². The molecule has 9 nitrogen and oxygen atoms in total. The van der Waals surface area contributed by atoms with Crippen molar-refractivity contribution < 1.29 is 24.0 Å². The van der Waals surface area contributed by atoms with E-state index in [-0.39, 0.29) is 65.6 Å². The first-order chi connectivity index (χ1) is 15.8. The predicted octanol–water partition coefficient (Wildman–Crippen LogP) is 1.45. The van der Waals surface area contributed by atoms with Crippen molar-refractivity contribution in [1.29, 1.82) is 0 Å². The van der Waals surface area contributed by atoms with E-state index in [1.54, 1.807) is 11.8 Å². The molecule has 3 amide bonds. The number of carbonyl (C=O) groups excluding carboxylic acids is 5. The third-order valence-electron chi connectivity index (χ3n) is 7.48. The Morgan fingerprint density at radius 1 is 1.21 bits per heavy atom. The lowest BCUT2D eigenvalue weighted by Gasteiger charge is -2.29. The molecule has 178 valence electrons. The number of Topliss-reactive ketones (excluding diaryl/α,β-unsaturated/α-hetero) is 2. The summed E-state index contributed by atoms with van der Waals surface area (Å²) in [5.41, 5.74) is 0.698. The number of aromatic amines is 1. The lowest BCUT2D eigenvalue weighted by atomic mass is 9.91. The molecule has 0 aromatic carbocycles. The maximum absolute atomic E-state index is 13.5. The van der Waals surface area contributed by atoms with Crippen LogP contribution in [0.25, 0.3) is 0 Å². The van der Waals surface area contributed by atoms with Crippen molar-refractivity contribution in [3.63, 3.8) is 0 Å². The minimum atomic E-state index is -0.747. The van der Waals surface area contributed by atoms with Crippen molar-refractivity contribution in [3.8, 4) is 0 Å². The molecule has 1 aromatic rings. The summed E-state index contributed by atoms with van der Waals surface area (Å²) >= 11 is 0. The van der Waals surface area contributed by atoms with E-state index in [0.29, 0.717) is 25.1 Å². The highest BCUT2D eigenvalue weighted by Gasteiger charge is 2.50. The number of hydrogen-bond acceptors (Lipinski definition) is 5. The number of aromatic nitrogens is 1. The number of ketones is 2. The highest BCUT2D eigenvalue weighted by Crippen LogP contribution is 2.42. The fraction of sp³-hybridized carbons (Fsp3) is 0.625. The quantitative estimate of drug-likeness (QED) is 0.510. The molecule has 33 heavy (non-hydrogen) atoms. The predicted molar refractivity (Wildman–Crippen MR) is 119 cm³/mol. The largest absolute Gasteiger partial charge is 0.356 e. The SMILES string of the molecule is CCC(=O)C(CC1CCNC1=O)NC(=O)C1C2CCCC2CN1C(=O)c1cc(C(C)=O)c[nH]1. The minimum Gasteiger partial charge on any atom is -0.356 e. The Morgan fingerprint density at radius 2 is 2.00 bits per heavy atom. The number of amides is 3. The molecule has 1 aromatic heterocycles. The molecule has 3 fully saturated rings. The van der Waals surface area contributed by atoms with E-state index in [1.165, 1.54) is 19.2 Å². The molecule has 5 atom stereocenters. The standard InChI is InChI=1S/C24H32N4O5/c1-3-20(30)18(9-14-7-8-25-22(14)31)27-23(32)21-17-6-4-5-15(17)12-28(21)24(33)19-10-16(11-26-19)13(2)29/h10-11,14-15,17-18,21,26H,3-9,12H2,1-2H3,(H,25,31)(H,27,32). The van der Waals surface area contributed by atoms with Crippen LogP contribution in [0.5, 0.6) is 0 Å². The van der Waals surface area contributed by atoms with Gasteiger partial charge < -0.3 is 20.5 Å². The molecular formula is C24H32N4O5. The molecular weight excluding hydrogens is 424 g/mol. The van der Waals surface area contributed by atoms with Gasteiger partial charge in [-0.3, -0.25) is 24.0 Å². The summed E-state index contributed by atoms with van der Waals surface area (Å²) in [6, 6.07) is 0.109. The summed E-state index contributed by atoms with van der Waals surface area (Å²) in [5, 5.41) is 5.68. The Bertz CT molecular complexity index is 970. The van der Waals surface area contributed by atoms with Gasteiger partial charge in [0.05, 0.1) is 6.04 Å². The van der Waals surface area contributed by atoms with Crippen molar-refractivity contribution in [2.75, 3.05) is 13.1 Å². The smallest absolute Gasteiger partial charge is 0.270 e. The van der Waals surface area contributed by atoms with Crippen molar-refractivity contribution in [2.24, 2.45) is 17.8 Å². The third kappa shape index (κ3) is 4.58. The van der Waals surface area contributed by atoms with E-state index in [2.05, 4.69) is 15.6 Å². The molecule has 0 spiro atoms. The first-order valence-corrected chi connectivity index (χ1v) is 11.9. The highest BCUT2D eigenvalue weighted by molar-refractivity contribution is 6.01. The number of carbonyl (C=O) groups is 5. The van der Waals surface area contributed by atoms with Gasteiger partial charge in [0.1, 0.15) is 11.7 Å². The molecule has 3 aliphatic rings. The van der Waals surface area contributed by atoms with E-state index in [4.69, 9.17) is 0 Å². The van der Waals surface area contributed by atoms with Crippen molar-refractivity contribution >= 4 is 29.3 Å². The summed E-state index contributed by atoms with van der Waals surface area (Å²) in [7, 11) is 0. The van der Waals surface area contributed by atoms with Crippen LogP contribution < -0.4 is 10.6 Å². The maximum Gasteiger partial charge on any atom is 0.270 e. The first-order valence-electron chi connectivity index (χ1n) is 11.9. The normalized spacial score (nSPS) is 27.2. The van der Waals surface area contributed by atoms with Gasteiger partial charge >= 0.3 is 0 Å². The maximum atomic E-state index is 13.5. The van der Waals surface area contributed by atoms with Gasteiger partial charge in [-0.25, -0.2) is 0 Å². The summed E-state index contributed by atoms with van der Waals surface area (Å²) in [6.45, 7) is 4.24. The summed E-state index contributed by atoms with van der Waals surface area (Å²) in [5.74, 6) is -0.995. The molecule has 3 N–H and O–H groups in total. The number of nitrogens with zero attached hydrogens (tertiary/aromatic N) is 1. The van der Waals surface area contributed by atoms with E-state index >= 15 is 0 Å². The van der Waals surface area contributed by atoms with Crippen molar-refractivity contribution in [2.45, 2.75) is 64.5 Å². The van der Waals surface area contributed by atoms with Crippen LogP contribution in [0.1, 0.15) is 73.2 Å². The topological polar surface area (TPSA) is 128 Å². The Morgan fingerprint density at radius 3 is 2.64 bits per heavy atom. The lowest BCUT2D eigenvalue weighted by Crippen LogP contribution is -2.53. The molecule has 2 saturated heterocycles. The van der Waals surface area contributed by atoms with Crippen LogP contribution in [0.4, 0.5) is 0 Å². The average Bonchev–Trinajstić information content (AvgIpc) is 3.56. The fourth-order valence-corrected chi connectivity index (χ4v) is 5.66. The Hall–Kier alpha value is -2.97. The van der Waals surface area contributed by atoms with E-state index in [0.717, 1.165) is 19.3 Å². The first kappa shape index (κ1) is 23.2. The monoisotopic (exact) mass is 456 g/mol. The summed E-state index contributed by atoms with van der Waals surface area (Å²) in [6.07, 6.45) is 5.51. The zero-order chi connectivity index (χ0) is 23.7. The Balaban J connectivity index is 1.54. The zero-order valence-corrected chi connectivity index (χ0v) is 19.2. The number of fused-ring (bicyclic) bond motifs is 1. The van der Waals surface area contributed by atoms with Crippen LogP contribution in [0.15, 0.2) is 12.3 Å². The van der Waals surface area contributed by atoms with Gasteiger partial charge in [-0.1, -0.05) is 13.3 Å². The van der Waals surface area contributed by atoms with Crippen molar-refractivity contribution in [3.05, 3.63) is 23.5 Å². The minimum absolute atomic E-state index is 0.0448. The third-order valence-corrected chi connectivity index (χ3v) is 7.48. The van der Waals surface area contributed by atoms with Gasteiger partial charge in [-0.2, -0.15) is 0 Å². The number of H-pyrrole nitrogens is 1. The number of likely N-dealkylation sites (tertiary alicyclic amines) is 1. The van der Waals surface area contributed by atoms with Gasteiger partial charge in [-0.15, -0.1) is 0 Å². The van der Waals surface area contributed by atoms with Crippen LogP contribution in [0.3, 0.4) is 0 Å². The fourth-order valence-electron chi connectivity index (χ4n) is 5.66. The number of hydrogen-bond donors (Lipinski definition) is 3. The van der Waals surface area contributed by atoms with E-state index in [1.807, 2.05) is 0 Å². The molecule has 3 heterocycles. The Kier molecular flexibility index (Phi) is 6.67. The van der Waals surface area contributed by atoms with Gasteiger partial charge in [0.15, 0.2) is 11.6 Å². The van der Waals surface area contributed by atoms with Gasteiger partial charge in [-0.05, 0) is 50.5 Å². The van der Waals surface area contributed by atoms with Crippen LogP contribution >= 0.6 is 0 Å². The van der Waals surface area contributed by atoms with Crippen LogP contribution in [-0.4, -0.2) is 64.3 Å². The Labute approximate surface area is 193 Å². The second kappa shape index (κ2) is 9.49. The number of rotatable bonds is 8. The lowest BCUT2D eigenvalue weighted by molar-refractivity contribution is -0.132. The molecule has 1 saturated carbocycles. The van der Waals surface area contributed by atoms with E-state index < -0.39 is 12.1 Å². The van der Waals surface area contributed by atoms with Gasteiger partial charge in [0.2, 0.25) is 11.8 Å². The molecule has 4 rings (SSSR count). The summed E-state index contributed by atoms with van der Waals surface area (Å²) < 4.78 is 0. The molecule has 5 unspecified atom stereocenters. The van der Waals surface area contributed by atoms with Crippen LogP contribution in [-0.2, 0) is 14.4 Å². The van der Waals surface area contributed by atoms with Gasteiger partial charge in [0.25, 0.3) is 5.91 Å². The van der Waals surface area contributed by atoms with Crippen LogP contribution in [0.2, 0.25) is 0 Å². The van der Waals surface area contributed by atoms with Crippen molar-refractivity contribution in [1.82, 2.24) is 20.5 Å². The highest BCUT2D eigenvalue weighted by atomic mass is 16.2. The summed E-state index contributed by atoms with van der Waals surface area (Å²) in [4.78, 5) is 67.6. The molecule has 0 radical (unpaired) electrons. The van der Waals surface area contributed by atoms with E-state index in [9.17, 15) is 24.0 Å². The second-order valence-corrected chi connectivity index (χ2v) is 9.51.